The predicted octanol–water partition coefficient (Wildman–Crippen LogP) is 5.18. The smallest absolute Gasteiger partial charge is 0.341 e. The first-order valence-electron chi connectivity index (χ1n) is 8.39. The number of nitrogens with one attached hydrogen (secondary N) is 1. The lowest BCUT2D eigenvalue weighted by molar-refractivity contribution is -0.123. The molecule has 2 rings (SSSR count). The van der Waals surface area contributed by atoms with Crippen LogP contribution in [0.25, 0.3) is 0 Å². The van der Waals surface area contributed by atoms with E-state index in [2.05, 4.69) is 19.2 Å². The van der Waals surface area contributed by atoms with Crippen molar-refractivity contribution < 1.29 is 18.7 Å². The van der Waals surface area contributed by atoms with Crippen molar-refractivity contribution in [3.63, 3.8) is 0 Å². The molecule has 0 saturated heterocycles. The van der Waals surface area contributed by atoms with Gasteiger partial charge in [-0.15, -0.1) is 0 Å². The van der Waals surface area contributed by atoms with E-state index in [1.54, 1.807) is 6.07 Å². The zero-order valence-corrected chi connectivity index (χ0v) is 15.6. The van der Waals surface area contributed by atoms with Gasteiger partial charge in [-0.1, -0.05) is 43.6 Å². The van der Waals surface area contributed by atoms with Crippen molar-refractivity contribution >= 4 is 29.2 Å². The zero-order chi connectivity index (χ0) is 19.3. The number of ether oxygens (including phenoxy) is 1. The molecule has 0 saturated carbocycles. The van der Waals surface area contributed by atoms with Crippen molar-refractivity contribution in [3.05, 3.63) is 64.4 Å². The van der Waals surface area contributed by atoms with Crippen LogP contribution in [0.3, 0.4) is 0 Å². The van der Waals surface area contributed by atoms with Crippen molar-refractivity contribution in [3.8, 4) is 0 Å². The molecule has 0 fully saturated rings. The topological polar surface area (TPSA) is 55.4 Å². The number of rotatable bonds is 6. The van der Waals surface area contributed by atoms with Crippen molar-refractivity contribution in [1.29, 1.82) is 0 Å². The number of carbonyl (C=O) groups is 2. The average Bonchev–Trinajstić information content (AvgIpc) is 2.61. The Morgan fingerprint density at radius 1 is 1.19 bits per heavy atom. The van der Waals surface area contributed by atoms with Crippen LogP contribution in [0.4, 0.5) is 10.1 Å². The average molecular weight is 378 g/mol. The van der Waals surface area contributed by atoms with E-state index in [9.17, 15) is 14.0 Å². The first-order valence-corrected chi connectivity index (χ1v) is 8.77. The number of hydrogen-bond donors (Lipinski definition) is 1. The summed E-state index contributed by atoms with van der Waals surface area (Å²) in [4.78, 5) is 24.5. The third kappa shape index (κ3) is 4.82. The summed E-state index contributed by atoms with van der Waals surface area (Å²) in [5.41, 5.74) is 1.41. The van der Waals surface area contributed by atoms with Gasteiger partial charge in [-0.3, -0.25) is 4.79 Å². The highest BCUT2D eigenvalue weighted by Gasteiger charge is 2.22. The zero-order valence-electron chi connectivity index (χ0n) is 14.9. The molecule has 2 aromatic rings. The van der Waals surface area contributed by atoms with Crippen LogP contribution in [0.2, 0.25) is 5.02 Å². The second-order valence-corrected chi connectivity index (χ2v) is 6.49. The van der Waals surface area contributed by atoms with E-state index in [1.165, 1.54) is 19.1 Å². The summed E-state index contributed by atoms with van der Waals surface area (Å²) in [6.07, 6.45) is -0.157. The Morgan fingerprint density at radius 3 is 2.54 bits per heavy atom. The van der Waals surface area contributed by atoms with Gasteiger partial charge >= 0.3 is 5.97 Å². The van der Waals surface area contributed by atoms with E-state index in [0.29, 0.717) is 5.69 Å². The largest absolute Gasteiger partial charge is 0.449 e. The number of halogens is 2. The standard InChI is InChI=1S/C20H21ClFNO3/c1-4-12(2)15-7-5-6-8-18(15)23-19(24)13(3)26-20(25)16-10-9-14(21)11-17(16)22/h5-13H,4H2,1-3H3,(H,23,24)/t12-,13-/m1/s1. The molecule has 0 aliphatic heterocycles. The number of hydrogen-bond acceptors (Lipinski definition) is 3. The molecule has 6 heteroatoms. The minimum absolute atomic E-state index is 0.173. The van der Waals surface area contributed by atoms with Crippen LogP contribution in [0, 0.1) is 5.82 Å². The third-order valence-electron chi connectivity index (χ3n) is 4.17. The second-order valence-electron chi connectivity index (χ2n) is 6.06. The molecule has 4 nitrogen and oxygen atoms in total. The van der Waals surface area contributed by atoms with Crippen molar-refractivity contribution in [1.82, 2.24) is 0 Å². The van der Waals surface area contributed by atoms with Gasteiger partial charge in [0, 0.05) is 10.7 Å². The van der Waals surface area contributed by atoms with Crippen LogP contribution in [0.1, 0.15) is 49.0 Å². The summed E-state index contributed by atoms with van der Waals surface area (Å²) in [6.45, 7) is 5.57. The summed E-state index contributed by atoms with van der Waals surface area (Å²) >= 11 is 5.66. The fourth-order valence-electron chi connectivity index (χ4n) is 2.43. The minimum atomic E-state index is -1.08. The van der Waals surface area contributed by atoms with Crippen molar-refractivity contribution in [2.24, 2.45) is 0 Å². The molecule has 1 amide bonds. The van der Waals surface area contributed by atoms with Gasteiger partial charge in [0.25, 0.3) is 5.91 Å². The molecule has 138 valence electrons. The maximum atomic E-state index is 13.8. The quantitative estimate of drug-likeness (QED) is 0.706. The first kappa shape index (κ1) is 19.9. The van der Waals surface area contributed by atoms with Gasteiger partial charge in [-0.05, 0) is 49.1 Å². The van der Waals surface area contributed by atoms with Gasteiger partial charge < -0.3 is 10.1 Å². The van der Waals surface area contributed by atoms with E-state index < -0.39 is 23.8 Å². The highest BCUT2D eigenvalue weighted by Crippen LogP contribution is 2.26. The molecule has 2 atom stereocenters. The summed E-state index contributed by atoms with van der Waals surface area (Å²) < 4.78 is 18.9. The Labute approximate surface area is 157 Å². The van der Waals surface area contributed by atoms with Crippen LogP contribution in [0.5, 0.6) is 0 Å². The first-order chi connectivity index (χ1) is 12.3. The Bertz CT molecular complexity index is 809. The normalized spacial score (nSPS) is 13.0. The van der Waals surface area contributed by atoms with Gasteiger partial charge in [0.2, 0.25) is 0 Å². The van der Waals surface area contributed by atoms with E-state index in [4.69, 9.17) is 16.3 Å². The second kappa shape index (κ2) is 8.81. The lowest BCUT2D eigenvalue weighted by Gasteiger charge is -2.18. The number of carbonyl (C=O) groups excluding carboxylic acids is 2. The molecule has 0 spiro atoms. The Hall–Kier alpha value is -2.40. The number of anilines is 1. The van der Waals surface area contributed by atoms with E-state index in [-0.39, 0.29) is 16.5 Å². The van der Waals surface area contributed by atoms with Crippen LogP contribution >= 0.6 is 11.6 Å². The van der Waals surface area contributed by atoms with Crippen LogP contribution in [-0.4, -0.2) is 18.0 Å². The Balaban J connectivity index is 2.07. The lowest BCUT2D eigenvalue weighted by Crippen LogP contribution is -2.30. The van der Waals surface area contributed by atoms with E-state index in [0.717, 1.165) is 18.1 Å². The number of para-hydroxylation sites is 1. The SMILES string of the molecule is CC[C@@H](C)c1ccccc1NC(=O)[C@@H](C)OC(=O)c1ccc(Cl)cc1F. The summed E-state index contributed by atoms with van der Waals surface area (Å²) in [5.74, 6) is -1.93. The summed E-state index contributed by atoms with van der Waals surface area (Å²) in [7, 11) is 0. The molecule has 1 N–H and O–H groups in total. The molecule has 2 aromatic carbocycles. The predicted molar refractivity (Wildman–Crippen MR) is 100 cm³/mol. The molecule has 26 heavy (non-hydrogen) atoms. The number of benzene rings is 2. The third-order valence-corrected chi connectivity index (χ3v) is 4.40. The highest BCUT2D eigenvalue weighted by molar-refractivity contribution is 6.30. The van der Waals surface area contributed by atoms with Gasteiger partial charge in [-0.25, -0.2) is 9.18 Å². The number of esters is 1. The van der Waals surface area contributed by atoms with Crippen LogP contribution in [-0.2, 0) is 9.53 Å². The molecular formula is C20H21ClFNO3. The maximum absolute atomic E-state index is 13.8. The fourth-order valence-corrected chi connectivity index (χ4v) is 2.59. The fraction of sp³-hybridized carbons (Fsp3) is 0.300. The molecular weight excluding hydrogens is 357 g/mol. The molecule has 0 bridgehead atoms. The molecule has 0 aliphatic carbocycles. The summed E-state index contributed by atoms with van der Waals surface area (Å²) in [6, 6.07) is 11.1. The van der Waals surface area contributed by atoms with Crippen molar-refractivity contribution in [2.75, 3.05) is 5.32 Å². The van der Waals surface area contributed by atoms with Gasteiger partial charge in [0.15, 0.2) is 6.10 Å². The van der Waals surface area contributed by atoms with Gasteiger partial charge in [0.1, 0.15) is 5.82 Å². The lowest BCUT2D eigenvalue weighted by atomic mass is 9.97. The Kier molecular flexibility index (Phi) is 6.75. The van der Waals surface area contributed by atoms with E-state index in [1.807, 2.05) is 18.2 Å². The van der Waals surface area contributed by atoms with Crippen molar-refractivity contribution in [2.45, 2.75) is 39.2 Å². The maximum Gasteiger partial charge on any atom is 0.341 e. The molecule has 0 radical (unpaired) electrons. The summed E-state index contributed by atoms with van der Waals surface area (Å²) in [5, 5.41) is 2.95. The van der Waals surface area contributed by atoms with E-state index >= 15 is 0 Å². The highest BCUT2D eigenvalue weighted by atomic mass is 35.5. The Morgan fingerprint density at radius 2 is 1.88 bits per heavy atom. The molecule has 0 aromatic heterocycles. The van der Waals surface area contributed by atoms with Crippen LogP contribution < -0.4 is 5.32 Å². The van der Waals surface area contributed by atoms with Crippen LogP contribution in [0.15, 0.2) is 42.5 Å². The monoisotopic (exact) mass is 377 g/mol. The number of amides is 1. The van der Waals surface area contributed by atoms with Gasteiger partial charge in [0.05, 0.1) is 5.56 Å². The minimum Gasteiger partial charge on any atom is -0.449 e. The molecule has 0 heterocycles. The van der Waals surface area contributed by atoms with Gasteiger partial charge in [-0.2, -0.15) is 0 Å². The molecule has 0 aliphatic rings. The molecule has 0 unspecified atom stereocenters.